The molecule has 2 aromatic rings. The Morgan fingerprint density at radius 1 is 1.11 bits per heavy atom. The van der Waals surface area contributed by atoms with Gasteiger partial charge in [0.1, 0.15) is 5.60 Å². The van der Waals surface area contributed by atoms with E-state index in [-0.39, 0.29) is 18.2 Å². The van der Waals surface area contributed by atoms with Crippen LogP contribution < -0.4 is 10.6 Å². The maximum atomic E-state index is 12.8. The Bertz CT molecular complexity index is 1040. The molecule has 2 aliphatic rings. The second-order valence-corrected chi connectivity index (χ2v) is 9.14. The van der Waals surface area contributed by atoms with Crippen molar-refractivity contribution in [3.63, 3.8) is 0 Å². The number of alkyl halides is 3. The van der Waals surface area contributed by atoms with Crippen molar-refractivity contribution in [1.82, 2.24) is 25.5 Å². The molecule has 8 nitrogen and oxygen atoms in total. The monoisotopic (exact) mass is 491 g/mol. The molecule has 0 unspecified atom stereocenters. The standard InChI is InChI=1S/C24H28F3N5O3/c25-24(26,27)17-4-1-3-16(13-17)21(34)30-14-20(33)31-18-7-12-32(15-18)19-5-8-23(35,9-6-19)22-28-10-2-11-29-22/h1-4,10-11,13,18-19,35H,5-9,12,14-15H2,(H,30,34)(H,31,33)/t18-,19?,23?/m1/s1. The molecule has 0 spiro atoms. The molecule has 11 heteroatoms. The molecule has 35 heavy (non-hydrogen) atoms. The van der Waals surface area contributed by atoms with Gasteiger partial charge in [-0.25, -0.2) is 9.97 Å². The van der Waals surface area contributed by atoms with Gasteiger partial charge in [0.2, 0.25) is 5.91 Å². The van der Waals surface area contributed by atoms with E-state index in [1.807, 2.05) is 0 Å². The number of rotatable bonds is 6. The van der Waals surface area contributed by atoms with Crippen molar-refractivity contribution < 1.29 is 27.9 Å². The number of benzene rings is 1. The van der Waals surface area contributed by atoms with Gasteiger partial charge in [-0.2, -0.15) is 13.2 Å². The summed E-state index contributed by atoms with van der Waals surface area (Å²) >= 11 is 0. The third-order valence-corrected chi connectivity index (χ3v) is 6.73. The van der Waals surface area contributed by atoms with E-state index in [4.69, 9.17) is 0 Å². The Balaban J connectivity index is 1.21. The lowest BCUT2D eigenvalue weighted by Crippen LogP contribution is -2.45. The average molecular weight is 492 g/mol. The van der Waals surface area contributed by atoms with E-state index in [1.165, 1.54) is 6.07 Å². The molecule has 4 rings (SSSR count). The van der Waals surface area contributed by atoms with Gasteiger partial charge >= 0.3 is 6.18 Å². The van der Waals surface area contributed by atoms with Gasteiger partial charge in [0, 0.05) is 43.1 Å². The summed E-state index contributed by atoms with van der Waals surface area (Å²) in [6, 6.07) is 6.01. The number of carbonyl (C=O) groups excluding carboxylic acids is 2. The third-order valence-electron chi connectivity index (χ3n) is 6.73. The van der Waals surface area contributed by atoms with E-state index >= 15 is 0 Å². The van der Waals surface area contributed by atoms with Crippen molar-refractivity contribution in [2.24, 2.45) is 0 Å². The van der Waals surface area contributed by atoms with Gasteiger partial charge in [0.15, 0.2) is 5.82 Å². The second-order valence-electron chi connectivity index (χ2n) is 9.14. The Kier molecular flexibility index (Phi) is 7.36. The van der Waals surface area contributed by atoms with Crippen LogP contribution in [0, 0.1) is 0 Å². The van der Waals surface area contributed by atoms with E-state index in [2.05, 4.69) is 25.5 Å². The lowest BCUT2D eigenvalue weighted by Gasteiger charge is -2.38. The zero-order valence-corrected chi connectivity index (χ0v) is 19.1. The molecule has 1 aromatic heterocycles. The van der Waals surface area contributed by atoms with E-state index in [9.17, 15) is 27.9 Å². The average Bonchev–Trinajstić information content (AvgIpc) is 3.31. The molecule has 0 radical (unpaired) electrons. The molecule has 2 amide bonds. The Hall–Kier alpha value is -3.05. The first-order chi connectivity index (χ1) is 16.6. The highest BCUT2D eigenvalue weighted by atomic mass is 19.4. The minimum Gasteiger partial charge on any atom is -0.382 e. The largest absolute Gasteiger partial charge is 0.416 e. The van der Waals surface area contributed by atoms with Crippen LogP contribution in [0.3, 0.4) is 0 Å². The number of likely N-dealkylation sites (tertiary alicyclic amines) is 1. The first-order valence-corrected chi connectivity index (χ1v) is 11.6. The van der Waals surface area contributed by atoms with Gasteiger partial charge in [-0.05, 0) is 56.4 Å². The second kappa shape index (κ2) is 10.3. The summed E-state index contributed by atoms with van der Waals surface area (Å²) in [5.41, 5.74) is -2.08. The van der Waals surface area contributed by atoms with E-state index in [1.54, 1.807) is 18.5 Å². The molecule has 2 fully saturated rings. The fraction of sp³-hybridized carbons (Fsp3) is 0.500. The molecule has 1 saturated heterocycles. The molecular formula is C24H28F3N5O3. The molecule has 1 aromatic carbocycles. The van der Waals surface area contributed by atoms with Crippen LogP contribution in [0.25, 0.3) is 0 Å². The van der Waals surface area contributed by atoms with Gasteiger partial charge in [-0.1, -0.05) is 6.07 Å². The Morgan fingerprint density at radius 3 is 2.51 bits per heavy atom. The fourth-order valence-corrected chi connectivity index (χ4v) is 4.82. The number of halogens is 3. The van der Waals surface area contributed by atoms with Crippen LogP contribution in [-0.4, -0.2) is 63.5 Å². The Morgan fingerprint density at radius 2 is 1.83 bits per heavy atom. The minimum atomic E-state index is -4.55. The summed E-state index contributed by atoms with van der Waals surface area (Å²) in [4.78, 5) is 35.2. The normalized spacial score (nSPS) is 25.3. The van der Waals surface area contributed by atoms with Crippen molar-refractivity contribution in [2.75, 3.05) is 19.6 Å². The van der Waals surface area contributed by atoms with Crippen LogP contribution in [0.5, 0.6) is 0 Å². The van der Waals surface area contributed by atoms with Crippen LogP contribution in [0.4, 0.5) is 13.2 Å². The number of hydrogen-bond acceptors (Lipinski definition) is 6. The maximum Gasteiger partial charge on any atom is 0.416 e. The van der Waals surface area contributed by atoms with Gasteiger partial charge in [0.05, 0.1) is 12.1 Å². The first kappa shape index (κ1) is 25.1. The number of aliphatic hydroxyl groups is 1. The summed E-state index contributed by atoms with van der Waals surface area (Å²) in [7, 11) is 0. The predicted octanol–water partition coefficient (Wildman–Crippen LogP) is 2.25. The number of hydrogen-bond donors (Lipinski definition) is 3. The molecule has 1 aliphatic heterocycles. The zero-order valence-electron chi connectivity index (χ0n) is 19.1. The highest BCUT2D eigenvalue weighted by molar-refractivity contribution is 5.96. The maximum absolute atomic E-state index is 12.8. The topological polar surface area (TPSA) is 107 Å². The quantitative estimate of drug-likeness (QED) is 0.572. The van der Waals surface area contributed by atoms with Crippen LogP contribution in [0.15, 0.2) is 42.7 Å². The number of aromatic nitrogens is 2. The molecule has 3 N–H and O–H groups in total. The molecule has 188 valence electrons. The Labute approximate surface area is 200 Å². The zero-order chi connectivity index (χ0) is 25.1. The van der Waals surface area contributed by atoms with Crippen LogP contribution >= 0.6 is 0 Å². The van der Waals surface area contributed by atoms with Gasteiger partial charge in [-0.15, -0.1) is 0 Å². The van der Waals surface area contributed by atoms with E-state index in [0.29, 0.717) is 31.3 Å². The number of nitrogens with one attached hydrogen (secondary N) is 2. The summed E-state index contributed by atoms with van der Waals surface area (Å²) in [6.07, 6.45) is 2.19. The molecular weight excluding hydrogens is 463 g/mol. The highest BCUT2D eigenvalue weighted by Gasteiger charge is 2.40. The number of carbonyl (C=O) groups is 2. The summed E-state index contributed by atoms with van der Waals surface area (Å²) in [5, 5.41) is 16.2. The minimum absolute atomic E-state index is 0.0776. The molecule has 1 atom stereocenters. The van der Waals surface area contributed by atoms with Crippen LogP contribution in [-0.2, 0) is 16.6 Å². The lowest BCUT2D eigenvalue weighted by atomic mass is 9.81. The van der Waals surface area contributed by atoms with Crippen molar-refractivity contribution in [3.8, 4) is 0 Å². The predicted molar refractivity (Wildman–Crippen MR) is 120 cm³/mol. The first-order valence-electron chi connectivity index (χ1n) is 11.6. The van der Waals surface area contributed by atoms with Gasteiger partial charge in [-0.3, -0.25) is 14.5 Å². The molecule has 2 heterocycles. The number of nitrogens with zero attached hydrogens (tertiary/aromatic N) is 3. The molecule has 0 bridgehead atoms. The van der Waals surface area contributed by atoms with Crippen molar-refractivity contribution in [3.05, 3.63) is 59.7 Å². The van der Waals surface area contributed by atoms with Crippen molar-refractivity contribution in [2.45, 2.75) is 56.0 Å². The van der Waals surface area contributed by atoms with Gasteiger partial charge < -0.3 is 15.7 Å². The summed E-state index contributed by atoms with van der Waals surface area (Å²) in [5.74, 6) is -0.676. The van der Waals surface area contributed by atoms with E-state index < -0.39 is 29.2 Å². The smallest absolute Gasteiger partial charge is 0.382 e. The van der Waals surface area contributed by atoms with Gasteiger partial charge in [0.25, 0.3) is 5.91 Å². The summed E-state index contributed by atoms with van der Waals surface area (Å²) < 4.78 is 38.5. The highest BCUT2D eigenvalue weighted by Crippen LogP contribution is 2.37. The third kappa shape index (κ3) is 6.15. The number of amides is 2. The van der Waals surface area contributed by atoms with Crippen LogP contribution in [0.2, 0.25) is 0 Å². The van der Waals surface area contributed by atoms with Crippen molar-refractivity contribution >= 4 is 11.8 Å². The summed E-state index contributed by atoms with van der Waals surface area (Å²) in [6.45, 7) is 1.16. The van der Waals surface area contributed by atoms with E-state index in [0.717, 1.165) is 44.0 Å². The molecule has 1 aliphatic carbocycles. The lowest BCUT2D eigenvalue weighted by molar-refractivity contribution is -0.137. The fourth-order valence-electron chi connectivity index (χ4n) is 4.82. The molecule has 1 saturated carbocycles. The SMILES string of the molecule is O=C(CNC(=O)c1cccc(C(F)(F)F)c1)N[C@@H]1CCN(C2CCC(O)(c3ncccn3)CC2)C1. The van der Waals surface area contributed by atoms with Crippen molar-refractivity contribution in [1.29, 1.82) is 0 Å². The van der Waals surface area contributed by atoms with Crippen LogP contribution in [0.1, 0.15) is 53.8 Å².